The van der Waals surface area contributed by atoms with Crippen molar-refractivity contribution in [2.45, 2.75) is 6.92 Å². The lowest BCUT2D eigenvalue weighted by Crippen LogP contribution is -2.33. The first-order valence-corrected chi connectivity index (χ1v) is 5.78. The third kappa shape index (κ3) is 3.43. The maximum atomic E-state index is 13.5. The van der Waals surface area contributed by atoms with Gasteiger partial charge in [0.05, 0.1) is 7.11 Å². The third-order valence-corrected chi connectivity index (χ3v) is 2.73. The molecule has 0 saturated heterocycles. The number of ether oxygens (including phenoxy) is 1. The van der Waals surface area contributed by atoms with Crippen molar-refractivity contribution in [1.82, 2.24) is 4.90 Å². The zero-order valence-electron chi connectivity index (χ0n) is 10.9. The second-order valence-corrected chi connectivity index (χ2v) is 4.38. The number of amides is 1. The van der Waals surface area contributed by atoms with Crippen molar-refractivity contribution in [2.75, 3.05) is 27.2 Å². The molecule has 0 bridgehead atoms. The van der Waals surface area contributed by atoms with E-state index in [0.29, 0.717) is 18.7 Å². The molecule has 0 radical (unpaired) electrons. The van der Waals surface area contributed by atoms with E-state index in [1.807, 2.05) is 6.92 Å². The minimum atomic E-state index is -0.538. The maximum absolute atomic E-state index is 13.5. The summed E-state index contributed by atoms with van der Waals surface area (Å²) in [5.41, 5.74) is 5.81. The van der Waals surface area contributed by atoms with Crippen LogP contribution in [0.5, 0.6) is 5.75 Å². The molecule has 100 valence electrons. The number of halogens is 1. The van der Waals surface area contributed by atoms with Crippen LogP contribution in [0.1, 0.15) is 17.3 Å². The van der Waals surface area contributed by atoms with Crippen LogP contribution in [0.25, 0.3) is 0 Å². The van der Waals surface area contributed by atoms with E-state index in [1.54, 1.807) is 18.0 Å². The first kappa shape index (κ1) is 14.4. The minimum Gasteiger partial charge on any atom is -0.494 e. The zero-order chi connectivity index (χ0) is 13.7. The van der Waals surface area contributed by atoms with Gasteiger partial charge in [0, 0.05) is 19.2 Å². The minimum absolute atomic E-state index is 0.129. The van der Waals surface area contributed by atoms with Gasteiger partial charge in [-0.3, -0.25) is 4.79 Å². The van der Waals surface area contributed by atoms with Crippen LogP contribution in [0, 0.1) is 11.7 Å². The quantitative estimate of drug-likeness (QED) is 0.866. The number of methoxy groups -OCH3 is 1. The van der Waals surface area contributed by atoms with Crippen molar-refractivity contribution in [3.63, 3.8) is 0 Å². The van der Waals surface area contributed by atoms with Crippen LogP contribution in [-0.4, -0.2) is 38.1 Å². The van der Waals surface area contributed by atoms with E-state index in [1.165, 1.54) is 19.2 Å². The Balaban J connectivity index is 2.80. The smallest absolute Gasteiger partial charge is 0.253 e. The number of carbonyl (C=O) groups excluding carboxylic acids is 1. The molecular formula is C13H19FN2O2. The van der Waals surface area contributed by atoms with Crippen LogP contribution in [-0.2, 0) is 0 Å². The van der Waals surface area contributed by atoms with Crippen LogP contribution in [0.2, 0.25) is 0 Å². The molecule has 0 spiro atoms. The molecule has 0 heterocycles. The highest BCUT2D eigenvalue weighted by molar-refractivity contribution is 5.94. The second kappa shape index (κ2) is 6.35. The van der Waals surface area contributed by atoms with Gasteiger partial charge in [0.15, 0.2) is 11.6 Å². The first-order valence-electron chi connectivity index (χ1n) is 5.78. The van der Waals surface area contributed by atoms with E-state index in [2.05, 4.69) is 0 Å². The zero-order valence-corrected chi connectivity index (χ0v) is 10.9. The fourth-order valence-corrected chi connectivity index (χ4v) is 1.64. The van der Waals surface area contributed by atoms with Crippen molar-refractivity contribution >= 4 is 5.91 Å². The third-order valence-electron chi connectivity index (χ3n) is 2.73. The van der Waals surface area contributed by atoms with Gasteiger partial charge in [-0.1, -0.05) is 6.92 Å². The fraction of sp³-hybridized carbons (Fsp3) is 0.462. The Morgan fingerprint density at radius 1 is 1.56 bits per heavy atom. The molecule has 1 aromatic carbocycles. The fourth-order valence-electron chi connectivity index (χ4n) is 1.64. The molecule has 0 fully saturated rings. The summed E-state index contributed by atoms with van der Waals surface area (Å²) in [4.78, 5) is 13.6. The number of nitrogens with zero attached hydrogens (tertiary/aromatic N) is 1. The SMILES string of the molecule is COc1ccc(C(=O)N(C)CC(C)CN)cc1F. The molecule has 0 aliphatic heterocycles. The van der Waals surface area contributed by atoms with E-state index in [-0.39, 0.29) is 17.6 Å². The van der Waals surface area contributed by atoms with Crippen molar-refractivity contribution in [3.8, 4) is 5.75 Å². The number of nitrogens with two attached hydrogens (primary N) is 1. The maximum Gasteiger partial charge on any atom is 0.253 e. The number of benzene rings is 1. The number of hydrogen-bond donors (Lipinski definition) is 1. The highest BCUT2D eigenvalue weighted by Crippen LogP contribution is 2.18. The van der Waals surface area contributed by atoms with Gasteiger partial charge in [0.25, 0.3) is 5.91 Å². The van der Waals surface area contributed by atoms with E-state index in [9.17, 15) is 9.18 Å². The van der Waals surface area contributed by atoms with Crippen molar-refractivity contribution in [1.29, 1.82) is 0 Å². The summed E-state index contributed by atoms with van der Waals surface area (Å²) in [6.45, 7) is 3.01. The Morgan fingerprint density at radius 3 is 2.72 bits per heavy atom. The van der Waals surface area contributed by atoms with Crippen LogP contribution >= 0.6 is 0 Å². The average molecular weight is 254 g/mol. The first-order chi connectivity index (χ1) is 8.49. The summed E-state index contributed by atoms with van der Waals surface area (Å²) >= 11 is 0. The molecule has 18 heavy (non-hydrogen) atoms. The average Bonchev–Trinajstić information content (AvgIpc) is 2.37. The van der Waals surface area contributed by atoms with Gasteiger partial charge in [0.1, 0.15) is 0 Å². The summed E-state index contributed by atoms with van der Waals surface area (Å²) in [6, 6.07) is 4.18. The van der Waals surface area contributed by atoms with Crippen LogP contribution in [0.4, 0.5) is 4.39 Å². The van der Waals surface area contributed by atoms with Gasteiger partial charge in [-0.2, -0.15) is 0 Å². The largest absolute Gasteiger partial charge is 0.494 e. The van der Waals surface area contributed by atoms with Crippen LogP contribution in [0.15, 0.2) is 18.2 Å². The molecule has 0 aliphatic carbocycles. The van der Waals surface area contributed by atoms with Gasteiger partial charge in [0.2, 0.25) is 0 Å². The Morgan fingerprint density at radius 2 is 2.22 bits per heavy atom. The van der Waals surface area contributed by atoms with Crippen molar-refractivity contribution in [2.24, 2.45) is 11.7 Å². The Labute approximate surface area is 107 Å². The van der Waals surface area contributed by atoms with Gasteiger partial charge in [-0.15, -0.1) is 0 Å². The summed E-state index contributed by atoms with van der Waals surface area (Å²) in [6.07, 6.45) is 0. The van der Waals surface area contributed by atoms with Crippen LogP contribution in [0.3, 0.4) is 0 Å². The highest BCUT2D eigenvalue weighted by Gasteiger charge is 2.15. The predicted molar refractivity (Wildman–Crippen MR) is 68.1 cm³/mol. The Bertz CT molecular complexity index is 423. The Hall–Kier alpha value is -1.62. The highest BCUT2D eigenvalue weighted by atomic mass is 19.1. The number of hydrogen-bond acceptors (Lipinski definition) is 3. The van der Waals surface area contributed by atoms with E-state index in [4.69, 9.17) is 10.5 Å². The molecule has 0 aliphatic rings. The van der Waals surface area contributed by atoms with Gasteiger partial charge in [-0.25, -0.2) is 4.39 Å². The lowest BCUT2D eigenvalue weighted by molar-refractivity contribution is 0.0777. The molecule has 1 rings (SSSR count). The Kier molecular flexibility index (Phi) is 5.09. The number of carbonyl (C=O) groups is 1. The monoisotopic (exact) mass is 254 g/mol. The summed E-state index contributed by atoms with van der Waals surface area (Å²) in [7, 11) is 3.06. The van der Waals surface area contributed by atoms with E-state index >= 15 is 0 Å². The summed E-state index contributed by atoms with van der Waals surface area (Å²) < 4.78 is 18.3. The molecule has 1 amide bonds. The molecule has 1 aromatic rings. The summed E-state index contributed by atoms with van der Waals surface area (Å²) in [5, 5.41) is 0. The standard InChI is InChI=1S/C13H19FN2O2/c1-9(7-15)8-16(2)13(17)10-4-5-12(18-3)11(14)6-10/h4-6,9H,7-8,15H2,1-3H3. The van der Waals surface area contributed by atoms with Gasteiger partial charge < -0.3 is 15.4 Å². The normalized spacial score (nSPS) is 12.1. The molecule has 1 unspecified atom stereocenters. The van der Waals surface area contributed by atoms with E-state index in [0.717, 1.165) is 0 Å². The summed E-state index contributed by atoms with van der Waals surface area (Å²) in [5.74, 6) is -0.424. The molecule has 0 saturated carbocycles. The second-order valence-electron chi connectivity index (χ2n) is 4.38. The van der Waals surface area contributed by atoms with E-state index < -0.39 is 5.82 Å². The molecule has 4 nitrogen and oxygen atoms in total. The molecule has 0 aromatic heterocycles. The van der Waals surface area contributed by atoms with Gasteiger partial charge >= 0.3 is 0 Å². The van der Waals surface area contributed by atoms with Crippen molar-refractivity contribution < 1.29 is 13.9 Å². The lowest BCUT2D eigenvalue weighted by Gasteiger charge is -2.20. The lowest BCUT2D eigenvalue weighted by atomic mass is 10.1. The number of rotatable bonds is 5. The molecule has 1 atom stereocenters. The van der Waals surface area contributed by atoms with Gasteiger partial charge in [-0.05, 0) is 30.7 Å². The van der Waals surface area contributed by atoms with Crippen LogP contribution < -0.4 is 10.5 Å². The van der Waals surface area contributed by atoms with Crippen molar-refractivity contribution in [3.05, 3.63) is 29.6 Å². The molecule has 2 N–H and O–H groups in total. The molecular weight excluding hydrogens is 235 g/mol. The predicted octanol–water partition coefficient (Wildman–Crippen LogP) is 1.50. The topological polar surface area (TPSA) is 55.6 Å². The molecule has 5 heteroatoms.